The number of sulfonamides is 2. The van der Waals surface area contributed by atoms with Crippen molar-refractivity contribution in [1.82, 2.24) is 9.44 Å². The number of nitrogens with one attached hydrogen (secondary N) is 2. The Bertz CT molecular complexity index is 2850. The van der Waals surface area contributed by atoms with Gasteiger partial charge in [0.1, 0.15) is 0 Å². The van der Waals surface area contributed by atoms with Crippen molar-refractivity contribution < 1.29 is 35.9 Å². The van der Waals surface area contributed by atoms with E-state index in [1.165, 1.54) is 89.9 Å². The number of hydrogen-bond acceptors (Lipinski definition) is 10. The van der Waals surface area contributed by atoms with Crippen molar-refractivity contribution in [3.8, 4) is 11.1 Å². The maximum Gasteiger partial charge on any atom is 0.363 e. The number of unbranched alkanes of at least 4 members (excludes halogenated alkanes) is 18. The smallest absolute Gasteiger partial charge is 0.363 e. The highest BCUT2D eigenvalue weighted by molar-refractivity contribution is 7.94. The third-order valence-corrected chi connectivity index (χ3v) is 18.4. The van der Waals surface area contributed by atoms with E-state index in [-0.39, 0.29) is 9.79 Å². The third kappa shape index (κ3) is 14.3. The third-order valence-electron chi connectivity index (χ3n) is 14.8. The van der Waals surface area contributed by atoms with Crippen LogP contribution in [0.4, 0.5) is 22.7 Å². The molecule has 1 aromatic heterocycles. The van der Waals surface area contributed by atoms with Crippen molar-refractivity contribution in [2.45, 2.75) is 170 Å². The van der Waals surface area contributed by atoms with Crippen LogP contribution in [0.15, 0.2) is 116 Å². The Morgan fingerprint density at radius 1 is 0.541 bits per heavy atom. The minimum absolute atomic E-state index is 0.284. The molecule has 2 N–H and O–H groups in total. The van der Waals surface area contributed by atoms with E-state index in [4.69, 9.17) is 8.75 Å². The Balaban J connectivity index is 0.983. The lowest BCUT2D eigenvalue weighted by Gasteiger charge is -2.20. The van der Waals surface area contributed by atoms with Crippen LogP contribution in [-0.2, 0) is 42.3 Å². The fourth-order valence-electron chi connectivity index (χ4n) is 10.7. The summed E-state index contributed by atoms with van der Waals surface area (Å²) in [6.07, 6.45) is 25.3. The molecule has 15 heteroatoms. The zero-order chi connectivity index (χ0) is 51.8. The first-order valence-electron chi connectivity index (χ1n) is 27.5. The molecule has 2 aliphatic rings. The van der Waals surface area contributed by atoms with Crippen LogP contribution in [0.3, 0.4) is 0 Å². The van der Waals surface area contributed by atoms with E-state index in [2.05, 4.69) is 50.3 Å². The molecule has 0 fully saturated rings. The van der Waals surface area contributed by atoms with Gasteiger partial charge >= 0.3 is 11.2 Å². The van der Waals surface area contributed by atoms with Crippen molar-refractivity contribution in [1.29, 1.82) is 0 Å². The molecule has 0 atom stereocenters. The molecule has 0 radical (unpaired) electrons. The van der Waals surface area contributed by atoms with E-state index in [1.54, 1.807) is 12.1 Å². The van der Waals surface area contributed by atoms with Crippen molar-refractivity contribution in [3.63, 3.8) is 0 Å². The highest BCUT2D eigenvalue weighted by Crippen LogP contribution is 2.45. The van der Waals surface area contributed by atoms with Gasteiger partial charge in [-0.2, -0.15) is 4.33 Å². The molecule has 3 heterocycles. The van der Waals surface area contributed by atoms with Gasteiger partial charge in [0.2, 0.25) is 20.0 Å². The molecule has 0 bridgehead atoms. The minimum Gasteiger partial charge on any atom is -0.691 e. The second-order valence-corrected chi connectivity index (χ2v) is 24.4. The van der Waals surface area contributed by atoms with Crippen molar-refractivity contribution in [2.75, 3.05) is 36.0 Å². The van der Waals surface area contributed by atoms with Gasteiger partial charge in [-0.25, -0.2) is 30.7 Å². The summed E-state index contributed by atoms with van der Waals surface area (Å²) < 4.78 is 71.2. The van der Waals surface area contributed by atoms with Gasteiger partial charge in [-0.3, -0.25) is 5.04 Å². The molecule has 8 rings (SSSR count). The van der Waals surface area contributed by atoms with Crippen LogP contribution in [0, 0.1) is 0 Å². The van der Waals surface area contributed by atoms with Gasteiger partial charge in [-0.05, 0) is 109 Å². The van der Waals surface area contributed by atoms with Crippen molar-refractivity contribution in [3.05, 3.63) is 108 Å². The molecule has 0 aliphatic carbocycles. The molecule has 0 amide bonds. The number of benzene rings is 5. The van der Waals surface area contributed by atoms with E-state index in [1.807, 2.05) is 72.8 Å². The van der Waals surface area contributed by atoms with Gasteiger partial charge < -0.3 is 15.1 Å². The van der Waals surface area contributed by atoms with Crippen LogP contribution in [0.5, 0.6) is 0 Å². The van der Waals surface area contributed by atoms with Gasteiger partial charge in [-0.15, -0.1) is 0 Å². The summed E-state index contributed by atoms with van der Waals surface area (Å²) >= 11 is 0.842. The van der Waals surface area contributed by atoms with E-state index < -0.39 is 20.0 Å². The quantitative estimate of drug-likeness (QED) is 0.0104. The highest BCUT2D eigenvalue weighted by atomic mass is 32.2. The van der Waals surface area contributed by atoms with E-state index in [0.29, 0.717) is 55.1 Å². The molecule has 398 valence electrons. The molecular weight excluding hydrogens is 989 g/mol. The second-order valence-electron chi connectivity index (χ2n) is 20.1. The summed E-state index contributed by atoms with van der Waals surface area (Å²) in [5, 5.41) is 16.5. The molecule has 6 aromatic rings. The standard InChI is InChI=1S/C59H76N4O8S3/c1-3-5-7-9-11-13-15-17-19-23-37-60-73(65,66)49-29-33-54-45(41-49)35-39-62(54)47-27-31-51-56(43-47)69-57-44-48(28-32-52(57)59(51)53-25-21-22-26-58(53)72-71-70-64)63-40-36-46-42-50(30-34-55(46)63)74(67,68)61-38-24-20-18-16-14-12-10-8-6-4-2/h21-22,25-34,41-44,60-61H,3-20,23-24,35-40H2,1-2H3. The van der Waals surface area contributed by atoms with E-state index in [9.17, 15) is 22.1 Å². The fourth-order valence-corrected chi connectivity index (χ4v) is 13.5. The van der Waals surface area contributed by atoms with Crippen LogP contribution in [-0.4, -0.2) is 43.0 Å². The molecule has 0 unspecified atom stereocenters. The lowest BCUT2D eigenvalue weighted by atomic mass is 9.96. The van der Waals surface area contributed by atoms with Crippen molar-refractivity contribution >= 4 is 76.8 Å². The summed E-state index contributed by atoms with van der Waals surface area (Å²) in [6.45, 7) is 6.67. The average Bonchev–Trinajstić information content (AvgIpc) is 4.05. The van der Waals surface area contributed by atoms with Crippen LogP contribution < -0.4 is 24.5 Å². The zero-order valence-corrected chi connectivity index (χ0v) is 46.0. The van der Waals surface area contributed by atoms with Gasteiger partial charge in [0.15, 0.2) is 0 Å². The first-order chi connectivity index (χ1) is 36.1. The Hall–Kier alpha value is -4.58. The van der Waals surface area contributed by atoms with Gasteiger partial charge in [0.25, 0.3) is 0 Å². The topological polar surface area (TPSA) is 152 Å². The molecule has 5 aromatic carbocycles. The first kappa shape index (κ1) is 55.6. The van der Waals surface area contributed by atoms with E-state index in [0.717, 1.165) is 106 Å². The van der Waals surface area contributed by atoms with Crippen LogP contribution in [0.1, 0.15) is 153 Å². The zero-order valence-electron chi connectivity index (χ0n) is 43.5. The number of anilines is 4. The molecule has 2 aliphatic heterocycles. The minimum atomic E-state index is -3.66. The largest absolute Gasteiger partial charge is 0.691 e. The van der Waals surface area contributed by atoms with E-state index >= 15 is 0 Å². The summed E-state index contributed by atoms with van der Waals surface area (Å²) in [4.78, 5) is 5.65. The average molecular weight is 1070 g/mol. The Morgan fingerprint density at radius 3 is 1.42 bits per heavy atom. The molecule has 74 heavy (non-hydrogen) atoms. The Morgan fingerprint density at radius 2 is 0.973 bits per heavy atom. The number of rotatable bonds is 32. The molecule has 12 nitrogen and oxygen atoms in total. The predicted molar refractivity (Wildman–Crippen MR) is 300 cm³/mol. The predicted octanol–water partition coefficient (Wildman–Crippen LogP) is 14.6. The van der Waals surface area contributed by atoms with Gasteiger partial charge in [0.05, 0.1) is 56.1 Å². The molecule has 0 saturated carbocycles. The Labute approximate surface area is 444 Å². The summed E-state index contributed by atoms with van der Waals surface area (Å²) in [6, 6.07) is 30.8. The first-order valence-corrected chi connectivity index (χ1v) is 31.2. The maximum absolute atomic E-state index is 13.4. The van der Waals surface area contributed by atoms with Crippen LogP contribution in [0.25, 0.3) is 33.1 Å². The van der Waals surface area contributed by atoms with Crippen LogP contribution in [0.2, 0.25) is 0 Å². The second kappa shape index (κ2) is 27.5. The molecule has 0 saturated heterocycles. The highest BCUT2D eigenvalue weighted by Gasteiger charge is 2.30. The van der Waals surface area contributed by atoms with Crippen molar-refractivity contribution in [2.24, 2.45) is 0 Å². The molecular formula is C59H76N4O8S3. The van der Waals surface area contributed by atoms with Gasteiger partial charge in [0, 0.05) is 48.0 Å². The monoisotopic (exact) mass is 1060 g/mol. The normalized spacial score (nSPS) is 13.7. The fraction of sp³-hybridized carbons (Fsp3) is 0.475. The Kier molecular flexibility index (Phi) is 20.6. The lowest BCUT2D eigenvalue weighted by Crippen LogP contribution is -2.24. The summed E-state index contributed by atoms with van der Waals surface area (Å²) in [5.74, 6) is 0. The number of hydrogen-bond donors (Lipinski definition) is 2. The van der Waals surface area contributed by atoms with Crippen LogP contribution >= 0.6 is 12.0 Å². The SMILES string of the molecule is CCCCCCCCCCCCNS(=O)(=O)c1ccc2c(c1)CCN2c1ccc2c(-c3ccccc3SOO[O-])c3ccc(N4CCc5cc(S(=O)(=O)NCCCCCCCCCCCC)ccc54)cc3[o+]c2c1. The number of nitrogens with zero attached hydrogens (tertiary/aromatic N) is 2. The van der Waals surface area contributed by atoms with Gasteiger partial charge in [-0.1, -0.05) is 148 Å². The molecule has 0 spiro atoms. The summed E-state index contributed by atoms with van der Waals surface area (Å²) in [7, 11) is -7.32. The summed E-state index contributed by atoms with van der Waals surface area (Å²) in [5.41, 5.74) is 8.62. The lowest BCUT2D eigenvalue weighted by molar-refractivity contribution is -0.777. The maximum atomic E-state index is 13.4. The number of fused-ring (bicyclic) bond motifs is 4.